The van der Waals surface area contributed by atoms with Crippen LogP contribution < -0.4 is 0 Å². The summed E-state index contributed by atoms with van der Waals surface area (Å²) in [6.07, 6.45) is 1.92. The van der Waals surface area contributed by atoms with Crippen molar-refractivity contribution in [3.63, 3.8) is 0 Å². The fourth-order valence-electron chi connectivity index (χ4n) is 4.62. The molecule has 1 heterocycles. The molecule has 0 bridgehead atoms. The number of ether oxygens (including phenoxy) is 1. The summed E-state index contributed by atoms with van der Waals surface area (Å²) in [6, 6.07) is 23.4. The van der Waals surface area contributed by atoms with Gasteiger partial charge >= 0.3 is 5.97 Å². The Morgan fingerprint density at radius 3 is 2.48 bits per heavy atom. The van der Waals surface area contributed by atoms with Crippen molar-refractivity contribution < 1.29 is 14.3 Å². The van der Waals surface area contributed by atoms with Crippen LogP contribution in [0.3, 0.4) is 0 Å². The van der Waals surface area contributed by atoms with E-state index in [9.17, 15) is 9.59 Å². The van der Waals surface area contributed by atoms with Gasteiger partial charge in [0, 0.05) is 21.1 Å². The number of benzene rings is 3. The van der Waals surface area contributed by atoms with Gasteiger partial charge in [0.1, 0.15) is 6.61 Å². The smallest absolute Gasteiger partial charge is 0.309 e. The van der Waals surface area contributed by atoms with Crippen molar-refractivity contribution in [2.24, 2.45) is 5.92 Å². The monoisotopic (exact) mass is 501 g/mol. The zero-order valence-corrected chi connectivity index (χ0v) is 20.0. The van der Waals surface area contributed by atoms with E-state index in [0.29, 0.717) is 24.8 Å². The summed E-state index contributed by atoms with van der Waals surface area (Å²) < 4.78 is 8.48. The molecule has 5 heteroatoms. The van der Waals surface area contributed by atoms with E-state index in [2.05, 4.69) is 15.9 Å². The Bertz CT molecular complexity index is 1340. The minimum absolute atomic E-state index is 0.0243. The molecule has 33 heavy (non-hydrogen) atoms. The van der Waals surface area contributed by atoms with Crippen LogP contribution >= 0.6 is 15.9 Å². The molecule has 4 nitrogen and oxygen atoms in total. The molecule has 0 fully saturated rings. The molecule has 4 aromatic rings. The predicted octanol–water partition coefficient (Wildman–Crippen LogP) is 6.25. The number of esters is 1. The summed E-state index contributed by atoms with van der Waals surface area (Å²) in [5.74, 6) is -0.407. The quantitative estimate of drug-likeness (QED) is 0.310. The number of carbonyl (C=O) groups is 2. The van der Waals surface area contributed by atoms with Crippen molar-refractivity contribution in [2.75, 3.05) is 0 Å². The molecule has 0 spiro atoms. The standard InChI is InChI=1S/C28H24BrNO3/c1-18-6-10-20(11-7-18)27(31)30-25-5-3-2-4-23(25)24-16-21(12-15-26(24)30)28(32)33-17-19-8-13-22(29)14-9-19/h2-11,13-14,21H,12,15-17H2,1H3. The molecule has 0 aliphatic heterocycles. The molecule has 5 rings (SSSR count). The van der Waals surface area contributed by atoms with E-state index in [1.807, 2.05) is 84.3 Å². The molecular formula is C28H24BrNO3. The Morgan fingerprint density at radius 2 is 1.73 bits per heavy atom. The van der Waals surface area contributed by atoms with E-state index in [1.165, 1.54) is 0 Å². The van der Waals surface area contributed by atoms with E-state index in [1.54, 1.807) is 0 Å². The van der Waals surface area contributed by atoms with Gasteiger partial charge in [-0.1, -0.05) is 64.0 Å². The summed E-state index contributed by atoms with van der Waals surface area (Å²) >= 11 is 3.42. The third-order valence-electron chi connectivity index (χ3n) is 6.40. The van der Waals surface area contributed by atoms with Crippen molar-refractivity contribution >= 4 is 38.7 Å². The van der Waals surface area contributed by atoms with E-state index in [0.717, 1.165) is 37.8 Å². The zero-order chi connectivity index (χ0) is 22.9. The Kier molecular flexibility index (Phi) is 5.90. The SMILES string of the molecule is Cc1ccc(C(=O)n2c3c(c4ccccc42)CC(C(=O)OCc2ccc(Br)cc2)CC3)cc1. The maximum atomic E-state index is 13.5. The van der Waals surface area contributed by atoms with Crippen LogP contribution in [0, 0.1) is 12.8 Å². The first-order valence-electron chi connectivity index (χ1n) is 11.1. The van der Waals surface area contributed by atoms with E-state index in [4.69, 9.17) is 4.74 Å². The highest BCUT2D eigenvalue weighted by atomic mass is 79.9. The molecule has 0 saturated carbocycles. The molecule has 1 aliphatic carbocycles. The Balaban J connectivity index is 1.41. The maximum Gasteiger partial charge on any atom is 0.309 e. The van der Waals surface area contributed by atoms with Crippen LogP contribution in [-0.4, -0.2) is 16.4 Å². The van der Waals surface area contributed by atoms with E-state index in [-0.39, 0.29) is 24.4 Å². The van der Waals surface area contributed by atoms with Crippen LogP contribution in [0.5, 0.6) is 0 Å². The topological polar surface area (TPSA) is 48.3 Å². The Hall–Kier alpha value is -3.18. The fraction of sp³-hybridized carbons (Fsp3) is 0.214. The second kappa shape index (κ2) is 8.99. The first kappa shape index (κ1) is 21.7. The van der Waals surface area contributed by atoms with E-state index >= 15 is 0 Å². The Morgan fingerprint density at radius 1 is 1.00 bits per heavy atom. The van der Waals surface area contributed by atoms with Gasteiger partial charge in [-0.15, -0.1) is 0 Å². The van der Waals surface area contributed by atoms with Crippen LogP contribution in [0.1, 0.15) is 39.2 Å². The highest BCUT2D eigenvalue weighted by Gasteiger charge is 2.32. The van der Waals surface area contributed by atoms with Crippen LogP contribution in [0.15, 0.2) is 77.3 Å². The fourth-order valence-corrected chi connectivity index (χ4v) is 4.89. The first-order valence-corrected chi connectivity index (χ1v) is 11.9. The zero-order valence-electron chi connectivity index (χ0n) is 18.4. The van der Waals surface area contributed by atoms with Gasteiger partial charge in [-0.25, -0.2) is 0 Å². The number of hydrogen-bond donors (Lipinski definition) is 0. The maximum absolute atomic E-state index is 13.5. The third kappa shape index (κ3) is 4.25. The highest BCUT2D eigenvalue weighted by Crippen LogP contribution is 2.35. The van der Waals surface area contributed by atoms with Gasteiger partial charge < -0.3 is 4.74 Å². The highest BCUT2D eigenvalue weighted by molar-refractivity contribution is 9.10. The summed E-state index contributed by atoms with van der Waals surface area (Å²) in [7, 11) is 0. The second-order valence-electron chi connectivity index (χ2n) is 8.62. The van der Waals surface area contributed by atoms with Crippen LogP contribution in [0.25, 0.3) is 10.9 Å². The summed E-state index contributed by atoms with van der Waals surface area (Å²) in [5.41, 5.74) is 5.75. The average molecular weight is 502 g/mol. The lowest BCUT2D eigenvalue weighted by Crippen LogP contribution is -2.26. The third-order valence-corrected chi connectivity index (χ3v) is 6.93. The summed E-state index contributed by atoms with van der Waals surface area (Å²) in [6.45, 7) is 2.28. The van der Waals surface area contributed by atoms with Crippen LogP contribution in [0.4, 0.5) is 0 Å². The first-order chi connectivity index (χ1) is 16.0. The predicted molar refractivity (Wildman–Crippen MR) is 132 cm³/mol. The van der Waals surface area contributed by atoms with Gasteiger partial charge in [-0.2, -0.15) is 0 Å². The lowest BCUT2D eigenvalue weighted by atomic mass is 9.86. The molecule has 0 saturated heterocycles. The lowest BCUT2D eigenvalue weighted by Gasteiger charge is -2.22. The van der Waals surface area contributed by atoms with Crippen molar-refractivity contribution in [3.8, 4) is 0 Å². The number of nitrogens with zero attached hydrogens (tertiary/aromatic N) is 1. The number of halogens is 1. The molecule has 1 unspecified atom stereocenters. The van der Waals surface area contributed by atoms with Crippen molar-refractivity contribution in [1.82, 2.24) is 4.57 Å². The number of para-hydroxylation sites is 1. The van der Waals surface area contributed by atoms with Gasteiger partial charge in [0.05, 0.1) is 11.4 Å². The molecule has 1 aromatic heterocycles. The van der Waals surface area contributed by atoms with Crippen molar-refractivity contribution in [2.45, 2.75) is 32.8 Å². The largest absolute Gasteiger partial charge is 0.461 e. The molecule has 0 radical (unpaired) electrons. The second-order valence-corrected chi connectivity index (χ2v) is 9.54. The van der Waals surface area contributed by atoms with Gasteiger partial charge in [-0.05, 0) is 67.6 Å². The van der Waals surface area contributed by atoms with Crippen LogP contribution in [-0.2, 0) is 29.0 Å². The number of hydrogen-bond acceptors (Lipinski definition) is 3. The summed E-state index contributed by atoms with van der Waals surface area (Å²) in [5, 5.41) is 1.04. The van der Waals surface area contributed by atoms with Gasteiger partial charge in [0.25, 0.3) is 5.91 Å². The molecular weight excluding hydrogens is 478 g/mol. The molecule has 0 N–H and O–H groups in total. The molecule has 166 valence electrons. The Labute approximate surface area is 201 Å². The van der Waals surface area contributed by atoms with Gasteiger partial charge in [-0.3, -0.25) is 14.2 Å². The van der Waals surface area contributed by atoms with Gasteiger partial charge in [0.2, 0.25) is 0 Å². The number of fused-ring (bicyclic) bond motifs is 3. The number of aryl methyl sites for hydroxylation is 1. The van der Waals surface area contributed by atoms with E-state index < -0.39 is 0 Å². The number of aromatic nitrogens is 1. The van der Waals surface area contributed by atoms with Crippen LogP contribution in [0.2, 0.25) is 0 Å². The number of rotatable bonds is 4. The summed E-state index contributed by atoms with van der Waals surface area (Å²) in [4.78, 5) is 26.3. The normalized spacial score (nSPS) is 15.3. The lowest BCUT2D eigenvalue weighted by molar-refractivity contribution is -0.150. The van der Waals surface area contributed by atoms with Crippen molar-refractivity contribution in [3.05, 3.63) is 105 Å². The number of carbonyl (C=O) groups excluding carboxylic acids is 2. The average Bonchev–Trinajstić information content (AvgIpc) is 3.17. The molecule has 1 aliphatic rings. The molecule has 3 aromatic carbocycles. The molecule has 0 amide bonds. The van der Waals surface area contributed by atoms with Crippen molar-refractivity contribution in [1.29, 1.82) is 0 Å². The minimum Gasteiger partial charge on any atom is -0.461 e. The minimum atomic E-state index is -0.207. The van der Waals surface area contributed by atoms with Gasteiger partial charge in [0.15, 0.2) is 0 Å². The molecule has 1 atom stereocenters.